The lowest BCUT2D eigenvalue weighted by Gasteiger charge is -2.36. The first kappa shape index (κ1) is 21.7. The van der Waals surface area contributed by atoms with Crippen molar-refractivity contribution >= 4 is 24.2 Å². The lowest BCUT2D eigenvalue weighted by atomic mass is 9.86. The fourth-order valence-electron chi connectivity index (χ4n) is 4.11. The molecule has 2 N–H and O–H groups in total. The first-order chi connectivity index (χ1) is 12.6. The minimum absolute atomic E-state index is 0. The van der Waals surface area contributed by atoms with Crippen LogP contribution in [0.3, 0.4) is 0 Å². The van der Waals surface area contributed by atoms with Crippen LogP contribution in [0, 0.1) is 5.92 Å². The third kappa shape index (κ3) is 6.22. The van der Waals surface area contributed by atoms with Crippen molar-refractivity contribution in [3.8, 4) is 0 Å². The highest BCUT2D eigenvalue weighted by molar-refractivity contribution is 5.85. The van der Waals surface area contributed by atoms with Crippen LogP contribution in [0.5, 0.6) is 0 Å². The van der Waals surface area contributed by atoms with Crippen molar-refractivity contribution in [2.75, 3.05) is 26.2 Å². The van der Waals surface area contributed by atoms with Crippen LogP contribution in [-0.2, 0) is 9.59 Å². The molecule has 1 aliphatic carbocycles. The first-order valence-electron chi connectivity index (χ1n) is 9.99. The number of hydrogen-bond acceptors (Lipinski definition) is 3. The lowest BCUT2D eigenvalue weighted by molar-refractivity contribution is -0.140. The number of nitrogens with zero attached hydrogens (tertiary/aromatic N) is 2. The quantitative estimate of drug-likeness (QED) is 0.835. The summed E-state index contributed by atoms with van der Waals surface area (Å²) in [5, 5.41) is 0. The molecule has 1 aromatic carbocycles. The molecule has 6 heteroatoms. The summed E-state index contributed by atoms with van der Waals surface area (Å²) in [4.78, 5) is 28.8. The summed E-state index contributed by atoms with van der Waals surface area (Å²) in [5.74, 6) is 0.922. The molecule has 27 heavy (non-hydrogen) atoms. The van der Waals surface area contributed by atoms with E-state index in [9.17, 15) is 9.59 Å². The zero-order valence-corrected chi connectivity index (χ0v) is 16.8. The maximum atomic E-state index is 12.5. The van der Waals surface area contributed by atoms with E-state index < -0.39 is 0 Å². The normalized spacial score (nSPS) is 19.3. The molecule has 0 spiro atoms. The second kappa shape index (κ2) is 10.7. The van der Waals surface area contributed by atoms with Gasteiger partial charge in [-0.3, -0.25) is 9.59 Å². The molecule has 1 saturated heterocycles. The van der Waals surface area contributed by atoms with Crippen molar-refractivity contribution in [1.29, 1.82) is 0 Å². The molecule has 0 bridgehead atoms. The van der Waals surface area contributed by atoms with Gasteiger partial charge in [0, 0.05) is 45.1 Å². The van der Waals surface area contributed by atoms with Gasteiger partial charge in [-0.15, -0.1) is 12.4 Å². The maximum Gasteiger partial charge on any atom is 0.224 e. The van der Waals surface area contributed by atoms with Crippen LogP contribution in [0.1, 0.15) is 56.6 Å². The summed E-state index contributed by atoms with van der Waals surface area (Å²) in [6, 6.07) is 9.48. The smallest absolute Gasteiger partial charge is 0.224 e. The Hall–Kier alpha value is -1.59. The van der Waals surface area contributed by atoms with Gasteiger partial charge >= 0.3 is 0 Å². The Morgan fingerprint density at radius 3 is 2.07 bits per heavy atom. The van der Waals surface area contributed by atoms with Crippen LogP contribution in [-0.4, -0.2) is 47.8 Å². The Kier molecular flexibility index (Phi) is 8.58. The predicted octanol–water partition coefficient (Wildman–Crippen LogP) is 3.14. The van der Waals surface area contributed by atoms with E-state index in [0.29, 0.717) is 44.9 Å². The van der Waals surface area contributed by atoms with E-state index in [2.05, 4.69) is 0 Å². The molecule has 2 amide bonds. The second-order valence-electron chi connectivity index (χ2n) is 7.69. The zero-order valence-electron chi connectivity index (χ0n) is 16.0. The fraction of sp³-hybridized carbons (Fsp3) is 0.619. The molecule has 1 unspecified atom stereocenters. The van der Waals surface area contributed by atoms with Crippen LogP contribution >= 0.6 is 12.4 Å². The second-order valence-corrected chi connectivity index (χ2v) is 7.69. The molecule has 1 heterocycles. The minimum Gasteiger partial charge on any atom is -0.339 e. The van der Waals surface area contributed by atoms with Gasteiger partial charge in [-0.1, -0.05) is 49.6 Å². The average Bonchev–Trinajstić information content (AvgIpc) is 2.69. The monoisotopic (exact) mass is 393 g/mol. The van der Waals surface area contributed by atoms with Gasteiger partial charge in [-0.2, -0.15) is 0 Å². The molecule has 2 fully saturated rings. The van der Waals surface area contributed by atoms with Crippen molar-refractivity contribution in [1.82, 2.24) is 9.80 Å². The molecule has 1 atom stereocenters. The van der Waals surface area contributed by atoms with E-state index in [-0.39, 0.29) is 30.3 Å². The Labute approximate surface area is 168 Å². The van der Waals surface area contributed by atoms with Crippen molar-refractivity contribution < 1.29 is 9.59 Å². The van der Waals surface area contributed by atoms with Gasteiger partial charge in [-0.25, -0.2) is 0 Å². The molecule has 1 saturated carbocycles. The Morgan fingerprint density at radius 1 is 0.926 bits per heavy atom. The van der Waals surface area contributed by atoms with Crippen molar-refractivity contribution in [3.63, 3.8) is 0 Å². The molecule has 0 radical (unpaired) electrons. The highest BCUT2D eigenvalue weighted by Gasteiger charge is 2.27. The van der Waals surface area contributed by atoms with E-state index in [4.69, 9.17) is 5.73 Å². The average molecular weight is 394 g/mol. The molecule has 3 rings (SSSR count). The summed E-state index contributed by atoms with van der Waals surface area (Å²) >= 11 is 0. The van der Waals surface area contributed by atoms with E-state index in [0.717, 1.165) is 5.56 Å². The van der Waals surface area contributed by atoms with Crippen molar-refractivity contribution in [2.24, 2.45) is 11.7 Å². The molecule has 150 valence electrons. The maximum absolute atomic E-state index is 12.5. The van der Waals surface area contributed by atoms with Crippen molar-refractivity contribution in [3.05, 3.63) is 35.9 Å². The summed E-state index contributed by atoms with van der Waals surface area (Å²) in [6.07, 6.45) is 7.25. The van der Waals surface area contributed by atoms with Gasteiger partial charge < -0.3 is 15.5 Å². The Bertz CT molecular complexity index is 597. The SMILES string of the molecule is Cl.NC(CC(=O)N1CCN(C(=O)CC2CCCCC2)CC1)c1ccccc1. The standard InChI is InChI=1S/C21H31N3O2.ClH/c22-19(18-9-5-2-6-10-18)16-21(26)24-13-11-23(12-14-24)20(25)15-17-7-3-1-4-8-17;/h2,5-6,9-10,17,19H,1,3-4,7-8,11-16,22H2;1H. The molecule has 5 nitrogen and oxygen atoms in total. The van der Waals surface area contributed by atoms with Gasteiger partial charge in [0.2, 0.25) is 11.8 Å². The Balaban J connectivity index is 0.00000261. The van der Waals surface area contributed by atoms with Crippen LogP contribution < -0.4 is 5.73 Å². The molecule has 0 aromatic heterocycles. The number of carbonyl (C=O) groups excluding carboxylic acids is 2. The van der Waals surface area contributed by atoms with Crippen LogP contribution in [0.15, 0.2) is 30.3 Å². The predicted molar refractivity (Wildman–Crippen MR) is 110 cm³/mol. The lowest BCUT2D eigenvalue weighted by Crippen LogP contribution is -2.51. The zero-order chi connectivity index (χ0) is 18.4. The number of halogens is 1. The molecular weight excluding hydrogens is 362 g/mol. The number of piperazine rings is 1. The van der Waals surface area contributed by atoms with Crippen LogP contribution in [0.4, 0.5) is 0 Å². The van der Waals surface area contributed by atoms with Gasteiger partial charge in [0.15, 0.2) is 0 Å². The summed E-state index contributed by atoms with van der Waals surface area (Å²) < 4.78 is 0. The molecule has 1 aromatic rings. The molecule has 1 aliphatic heterocycles. The summed E-state index contributed by atoms with van der Waals surface area (Å²) in [5.41, 5.74) is 7.16. The summed E-state index contributed by atoms with van der Waals surface area (Å²) in [6.45, 7) is 2.54. The number of hydrogen-bond donors (Lipinski definition) is 1. The highest BCUT2D eigenvalue weighted by atomic mass is 35.5. The van der Waals surface area contributed by atoms with E-state index in [1.807, 2.05) is 40.1 Å². The topological polar surface area (TPSA) is 66.6 Å². The first-order valence-corrected chi connectivity index (χ1v) is 9.99. The number of benzene rings is 1. The third-order valence-corrected chi connectivity index (χ3v) is 5.80. The minimum atomic E-state index is -0.269. The summed E-state index contributed by atoms with van der Waals surface area (Å²) in [7, 11) is 0. The van der Waals surface area contributed by atoms with E-state index >= 15 is 0 Å². The van der Waals surface area contributed by atoms with E-state index in [1.165, 1.54) is 32.1 Å². The number of amides is 2. The van der Waals surface area contributed by atoms with Gasteiger partial charge in [0.05, 0.1) is 0 Å². The van der Waals surface area contributed by atoms with Crippen LogP contribution in [0.2, 0.25) is 0 Å². The van der Waals surface area contributed by atoms with E-state index in [1.54, 1.807) is 0 Å². The number of rotatable bonds is 5. The van der Waals surface area contributed by atoms with Crippen molar-refractivity contribution in [2.45, 2.75) is 51.0 Å². The number of nitrogens with two attached hydrogens (primary N) is 1. The third-order valence-electron chi connectivity index (χ3n) is 5.80. The van der Waals surface area contributed by atoms with Gasteiger partial charge in [0.1, 0.15) is 0 Å². The molecular formula is C21H32ClN3O2. The highest BCUT2D eigenvalue weighted by Crippen LogP contribution is 2.27. The molecule has 2 aliphatic rings. The van der Waals surface area contributed by atoms with Crippen LogP contribution in [0.25, 0.3) is 0 Å². The Morgan fingerprint density at radius 2 is 1.48 bits per heavy atom. The van der Waals surface area contributed by atoms with Gasteiger partial charge in [0.25, 0.3) is 0 Å². The largest absolute Gasteiger partial charge is 0.339 e. The van der Waals surface area contributed by atoms with Gasteiger partial charge in [-0.05, 0) is 24.3 Å². The fourth-order valence-corrected chi connectivity index (χ4v) is 4.11. The number of carbonyl (C=O) groups is 2.